The van der Waals surface area contributed by atoms with E-state index in [2.05, 4.69) is 23.9 Å². The number of carbonyl (C=O) groups is 1. The van der Waals surface area contributed by atoms with Crippen LogP contribution in [0.3, 0.4) is 0 Å². The SMILES string of the molecule is CSCCC(C)n1ccc2c1CCCC2=O. The predicted molar refractivity (Wildman–Crippen MR) is 69.4 cm³/mol. The second-order valence-electron chi connectivity index (χ2n) is 4.49. The number of fused-ring (bicyclic) bond motifs is 1. The number of Topliss-reactive ketones (excluding diaryl/α,β-unsaturated/α-hetero) is 1. The fourth-order valence-electron chi connectivity index (χ4n) is 2.39. The van der Waals surface area contributed by atoms with Gasteiger partial charge in [-0.15, -0.1) is 0 Å². The van der Waals surface area contributed by atoms with Crippen LogP contribution in [0.1, 0.15) is 48.3 Å². The van der Waals surface area contributed by atoms with Crippen LogP contribution in [-0.4, -0.2) is 22.4 Å². The van der Waals surface area contributed by atoms with Crippen molar-refractivity contribution in [3.05, 3.63) is 23.5 Å². The third kappa shape index (κ3) is 2.19. The van der Waals surface area contributed by atoms with Crippen LogP contribution < -0.4 is 0 Å². The van der Waals surface area contributed by atoms with Crippen LogP contribution in [0, 0.1) is 0 Å². The van der Waals surface area contributed by atoms with Crippen molar-refractivity contribution in [3.63, 3.8) is 0 Å². The molecule has 0 spiro atoms. The van der Waals surface area contributed by atoms with Gasteiger partial charge in [0, 0.05) is 29.9 Å². The highest BCUT2D eigenvalue weighted by Gasteiger charge is 2.21. The molecular formula is C13H19NOS. The van der Waals surface area contributed by atoms with E-state index in [1.807, 2.05) is 17.8 Å². The van der Waals surface area contributed by atoms with Crippen molar-refractivity contribution < 1.29 is 4.79 Å². The molecule has 0 N–H and O–H groups in total. The van der Waals surface area contributed by atoms with Gasteiger partial charge in [0.2, 0.25) is 0 Å². The number of carbonyl (C=O) groups excluding carboxylic acids is 1. The Labute approximate surface area is 101 Å². The zero-order valence-electron chi connectivity index (χ0n) is 10.0. The Morgan fingerprint density at radius 3 is 3.06 bits per heavy atom. The summed E-state index contributed by atoms with van der Waals surface area (Å²) in [6.07, 6.45) is 8.23. The normalized spacial score (nSPS) is 17.2. The van der Waals surface area contributed by atoms with Gasteiger partial charge in [0.15, 0.2) is 5.78 Å². The van der Waals surface area contributed by atoms with Crippen LogP contribution in [0.4, 0.5) is 0 Å². The van der Waals surface area contributed by atoms with Crippen molar-refractivity contribution in [2.45, 2.75) is 38.6 Å². The lowest BCUT2D eigenvalue weighted by Crippen LogP contribution is -2.15. The van der Waals surface area contributed by atoms with Gasteiger partial charge in [-0.25, -0.2) is 0 Å². The predicted octanol–water partition coefficient (Wildman–Crippen LogP) is 3.32. The van der Waals surface area contributed by atoms with Crippen LogP contribution in [0.25, 0.3) is 0 Å². The van der Waals surface area contributed by atoms with Gasteiger partial charge >= 0.3 is 0 Å². The summed E-state index contributed by atoms with van der Waals surface area (Å²) < 4.78 is 2.31. The van der Waals surface area contributed by atoms with Gasteiger partial charge in [0.05, 0.1) is 0 Å². The molecule has 0 bridgehead atoms. The van der Waals surface area contributed by atoms with Crippen LogP contribution in [-0.2, 0) is 6.42 Å². The van der Waals surface area contributed by atoms with E-state index in [4.69, 9.17) is 0 Å². The molecule has 0 aromatic carbocycles. The summed E-state index contributed by atoms with van der Waals surface area (Å²) in [6, 6.07) is 2.52. The lowest BCUT2D eigenvalue weighted by atomic mass is 9.96. The quantitative estimate of drug-likeness (QED) is 0.801. The molecule has 16 heavy (non-hydrogen) atoms. The molecule has 0 radical (unpaired) electrons. The van der Waals surface area contributed by atoms with E-state index in [1.165, 1.54) is 17.9 Å². The molecule has 1 unspecified atom stereocenters. The number of nitrogens with zero attached hydrogens (tertiary/aromatic N) is 1. The molecule has 3 heteroatoms. The molecule has 0 saturated heterocycles. The highest BCUT2D eigenvalue weighted by Crippen LogP contribution is 2.26. The van der Waals surface area contributed by atoms with E-state index < -0.39 is 0 Å². The summed E-state index contributed by atoms with van der Waals surface area (Å²) in [5.41, 5.74) is 2.24. The van der Waals surface area contributed by atoms with Gasteiger partial charge in [-0.1, -0.05) is 0 Å². The molecule has 1 atom stereocenters. The zero-order valence-corrected chi connectivity index (χ0v) is 10.8. The number of ketones is 1. The van der Waals surface area contributed by atoms with Crippen molar-refractivity contribution >= 4 is 17.5 Å². The molecule has 0 aliphatic heterocycles. The van der Waals surface area contributed by atoms with Gasteiger partial charge in [-0.2, -0.15) is 11.8 Å². The third-order valence-electron chi connectivity index (χ3n) is 3.36. The van der Waals surface area contributed by atoms with E-state index >= 15 is 0 Å². The van der Waals surface area contributed by atoms with Crippen LogP contribution in [0.2, 0.25) is 0 Å². The lowest BCUT2D eigenvalue weighted by molar-refractivity contribution is 0.0971. The molecule has 1 heterocycles. The summed E-state index contributed by atoms with van der Waals surface area (Å²) in [6.45, 7) is 2.25. The van der Waals surface area contributed by atoms with Gasteiger partial charge in [0.25, 0.3) is 0 Å². The molecular weight excluding hydrogens is 218 g/mol. The van der Waals surface area contributed by atoms with Crippen LogP contribution in [0.5, 0.6) is 0 Å². The molecule has 1 aromatic heterocycles. The highest BCUT2D eigenvalue weighted by molar-refractivity contribution is 7.98. The second-order valence-corrected chi connectivity index (χ2v) is 5.48. The largest absolute Gasteiger partial charge is 0.348 e. The minimum absolute atomic E-state index is 0.331. The first-order valence-corrected chi connectivity index (χ1v) is 7.35. The van der Waals surface area contributed by atoms with E-state index in [-0.39, 0.29) is 0 Å². The number of rotatable bonds is 4. The first kappa shape index (κ1) is 11.8. The number of hydrogen-bond acceptors (Lipinski definition) is 2. The van der Waals surface area contributed by atoms with E-state index in [9.17, 15) is 4.79 Å². The van der Waals surface area contributed by atoms with Gasteiger partial charge < -0.3 is 4.57 Å². The van der Waals surface area contributed by atoms with Crippen molar-refractivity contribution in [3.8, 4) is 0 Å². The molecule has 0 saturated carbocycles. The van der Waals surface area contributed by atoms with E-state index in [0.717, 1.165) is 24.8 Å². The maximum atomic E-state index is 11.7. The molecule has 0 amide bonds. The minimum atomic E-state index is 0.331. The lowest BCUT2D eigenvalue weighted by Gasteiger charge is -2.20. The fourth-order valence-corrected chi connectivity index (χ4v) is 2.97. The Hall–Kier alpha value is -0.700. The summed E-state index contributed by atoms with van der Waals surface area (Å²) in [5, 5.41) is 0. The van der Waals surface area contributed by atoms with Gasteiger partial charge in [0.1, 0.15) is 0 Å². The third-order valence-corrected chi connectivity index (χ3v) is 4.00. The van der Waals surface area contributed by atoms with Crippen molar-refractivity contribution in [1.29, 1.82) is 0 Å². The van der Waals surface area contributed by atoms with Crippen LogP contribution in [0.15, 0.2) is 12.3 Å². The summed E-state index contributed by atoms with van der Waals surface area (Å²) in [5.74, 6) is 1.51. The van der Waals surface area contributed by atoms with E-state index in [1.54, 1.807) is 0 Å². The van der Waals surface area contributed by atoms with Gasteiger partial charge in [-0.3, -0.25) is 4.79 Å². The molecule has 88 valence electrons. The molecule has 0 fully saturated rings. The monoisotopic (exact) mass is 237 g/mol. The summed E-state index contributed by atoms with van der Waals surface area (Å²) in [7, 11) is 0. The first-order chi connectivity index (χ1) is 7.74. The minimum Gasteiger partial charge on any atom is -0.348 e. The second kappa shape index (κ2) is 5.09. The summed E-state index contributed by atoms with van der Waals surface area (Å²) >= 11 is 1.88. The maximum Gasteiger partial charge on any atom is 0.164 e. The number of aromatic nitrogens is 1. The Bertz CT molecular complexity index is 383. The van der Waals surface area contributed by atoms with Crippen molar-refractivity contribution in [2.75, 3.05) is 12.0 Å². The standard InChI is InChI=1S/C13H19NOS/c1-10(7-9-16-2)14-8-6-11-12(14)4-3-5-13(11)15/h6,8,10H,3-5,7,9H2,1-2H3. The molecule has 1 aliphatic carbocycles. The highest BCUT2D eigenvalue weighted by atomic mass is 32.2. The number of thioether (sulfide) groups is 1. The average Bonchev–Trinajstić information content (AvgIpc) is 2.71. The number of hydrogen-bond donors (Lipinski definition) is 0. The smallest absolute Gasteiger partial charge is 0.164 e. The van der Waals surface area contributed by atoms with Crippen LogP contribution >= 0.6 is 11.8 Å². The zero-order chi connectivity index (χ0) is 11.5. The molecule has 1 aromatic rings. The van der Waals surface area contributed by atoms with Crippen molar-refractivity contribution in [2.24, 2.45) is 0 Å². The Morgan fingerprint density at radius 2 is 2.31 bits per heavy atom. The Morgan fingerprint density at radius 1 is 1.50 bits per heavy atom. The molecule has 2 nitrogen and oxygen atoms in total. The molecule has 1 aliphatic rings. The van der Waals surface area contributed by atoms with Gasteiger partial charge in [-0.05, 0) is 44.3 Å². The van der Waals surface area contributed by atoms with E-state index in [0.29, 0.717) is 11.8 Å². The topological polar surface area (TPSA) is 22.0 Å². The fraction of sp³-hybridized carbons (Fsp3) is 0.615. The molecule has 2 rings (SSSR count). The maximum absolute atomic E-state index is 11.7. The average molecular weight is 237 g/mol. The first-order valence-electron chi connectivity index (χ1n) is 5.96. The van der Waals surface area contributed by atoms with Crippen molar-refractivity contribution in [1.82, 2.24) is 4.57 Å². The summed E-state index contributed by atoms with van der Waals surface area (Å²) in [4.78, 5) is 11.7. The Kier molecular flexibility index (Phi) is 3.74. The Balaban J connectivity index is 2.19.